The summed E-state index contributed by atoms with van der Waals surface area (Å²) in [5.41, 5.74) is 2.37. The second-order valence-electron chi connectivity index (χ2n) is 6.63. The Labute approximate surface area is 168 Å². The van der Waals surface area contributed by atoms with Crippen LogP contribution in [0.25, 0.3) is 0 Å². The zero-order chi connectivity index (χ0) is 20.8. The lowest BCUT2D eigenvalue weighted by Gasteiger charge is -2.13. The molecule has 0 spiro atoms. The Morgan fingerprint density at radius 3 is 2.52 bits per heavy atom. The standard InChI is InChI=1S/C23H21N3O3/c1-15-18(16(2)25-23(28)19(15)14-24)12-13-22(27)26-20-10-6-7-11-21(20)29-17-8-4-3-5-9-17/h3-11H,12-13H2,1-2H3,(H,25,28)(H,26,27). The highest BCUT2D eigenvalue weighted by atomic mass is 16.5. The molecule has 0 fully saturated rings. The molecule has 1 heterocycles. The molecular weight excluding hydrogens is 366 g/mol. The Bertz CT molecular complexity index is 1130. The Morgan fingerprint density at radius 1 is 1.10 bits per heavy atom. The monoisotopic (exact) mass is 387 g/mol. The number of ether oxygens (including phenoxy) is 1. The molecule has 0 saturated heterocycles. The normalized spacial score (nSPS) is 10.2. The van der Waals surface area contributed by atoms with Gasteiger partial charge in [0.1, 0.15) is 17.4 Å². The predicted molar refractivity (Wildman–Crippen MR) is 111 cm³/mol. The Morgan fingerprint density at radius 2 is 1.79 bits per heavy atom. The molecule has 146 valence electrons. The van der Waals surface area contributed by atoms with Crippen LogP contribution in [0.3, 0.4) is 0 Å². The molecule has 1 amide bonds. The molecule has 3 aromatic rings. The first-order valence-corrected chi connectivity index (χ1v) is 9.24. The van der Waals surface area contributed by atoms with Gasteiger partial charge in [-0.1, -0.05) is 30.3 Å². The summed E-state index contributed by atoms with van der Waals surface area (Å²) >= 11 is 0. The number of aromatic amines is 1. The molecule has 0 unspecified atom stereocenters. The van der Waals surface area contributed by atoms with E-state index in [1.807, 2.05) is 48.5 Å². The number of nitrogens with zero attached hydrogens (tertiary/aromatic N) is 1. The zero-order valence-corrected chi connectivity index (χ0v) is 16.3. The van der Waals surface area contributed by atoms with Gasteiger partial charge in [0.05, 0.1) is 5.69 Å². The van der Waals surface area contributed by atoms with Gasteiger partial charge >= 0.3 is 0 Å². The van der Waals surface area contributed by atoms with E-state index in [-0.39, 0.29) is 17.9 Å². The van der Waals surface area contributed by atoms with Gasteiger partial charge in [0.15, 0.2) is 5.75 Å². The van der Waals surface area contributed by atoms with E-state index in [9.17, 15) is 14.9 Å². The van der Waals surface area contributed by atoms with E-state index in [1.54, 1.807) is 26.0 Å². The van der Waals surface area contributed by atoms with Gasteiger partial charge in [-0.3, -0.25) is 9.59 Å². The molecule has 0 aliphatic heterocycles. The number of anilines is 1. The topological polar surface area (TPSA) is 95.0 Å². The molecule has 0 radical (unpaired) electrons. The lowest BCUT2D eigenvalue weighted by molar-refractivity contribution is -0.116. The lowest BCUT2D eigenvalue weighted by atomic mass is 9.99. The number of rotatable bonds is 6. The minimum absolute atomic E-state index is 0.0904. The SMILES string of the molecule is Cc1[nH]c(=O)c(C#N)c(C)c1CCC(=O)Nc1ccccc1Oc1ccccc1. The molecule has 0 aliphatic carbocycles. The summed E-state index contributed by atoms with van der Waals surface area (Å²) in [6, 6.07) is 18.5. The third kappa shape index (κ3) is 4.71. The largest absolute Gasteiger partial charge is 0.455 e. The highest BCUT2D eigenvalue weighted by Crippen LogP contribution is 2.29. The second-order valence-corrected chi connectivity index (χ2v) is 6.63. The molecule has 0 saturated carbocycles. The van der Waals surface area contributed by atoms with E-state index in [0.29, 0.717) is 34.9 Å². The number of amides is 1. The summed E-state index contributed by atoms with van der Waals surface area (Å²) in [7, 11) is 0. The van der Waals surface area contributed by atoms with E-state index in [2.05, 4.69) is 10.3 Å². The number of hydrogen-bond donors (Lipinski definition) is 2. The fourth-order valence-electron chi connectivity index (χ4n) is 3.15. The van der Waals surface area contributed by atoms with Gasteiger partial charge in [0.2, 0.25) is 5.91 Å². The smallest absolute Gasteiger partial charge is 0.266 e. The summed E-state index contributed by atoms with van der Waals surface area (Å²) in [5.74, 6) is 1.05. The molecule has 3 rings (SSSR count). The predicted octanol–water partition coefficient (Wildman–Crippen LogP) is 4.23. The van der Waals surface area contributed by atoms with Crippen molar-refractivity contribution in [1.29, 1.82) is 5.26 Å². The van der Waals surface area contributed by atoms with Crippen molar-refractivity contribution in [3.05, 3.63) is 87.3 Å². The molecule has 6 heteroatoms. The maximum atomic E-state index is 12.5. The average molecular weight is 387 g/mol. The van der Waals surface area contributed by atoms with Crippen molar-refractivity contribution in [1.82, 2.24) is 4.98 Å². The summed E-state index contributed by atoms with van der Waals surface area (Å²) in [4.78, 5) is 27.0. The van der Waals surface area contributed by atoms with Gasteiger partial charge in [-0.05, 0) is 55.7 Å². The Hall–Kier alpha value is -3.85. The van der Waals surface area contributed by atoms with Crippen LogP contribution < -0.4 is 15.6 Å². The molecule has 2 N–H and O–H groups in total. The van der Waals surface area contributed by atoms with Crippen LogP contribution >= 0.6 is 0 Å². The van der Waals surface area contributed by atoms with Crippen molar-refractivity contribution in [3.63, 3.8) is 0 Å². The molecule has 0 atom stereocenters. The quantitative estimate of drug-likeness (QED) is 0.662. The summed E-state index contributed by atoms with van der Waals surface area (Å²) in [5, 5.41) is 12.1. The summed E-state index contributed by atoms with van der Waals surface area (Å²) < 4.78 is 5.86. The van der Waals surface area contributed by atoms with Crippen LogP contribution in [-0.4, -0.2) is 10.9 Å². The first-order valence-electron chi connectivity index (χ1n) is 9.24. The van der Waals surface area contributed by atoms with Crippen LogP contribution in [-0.2, 0) is 11.2 Å². The average Bonchev–Trinajstić information content (AvgIpc) is 2.70. The number of hydrogen-bond acceptors (Lipinski definition) is 4. The molecular formula is C23H21N3O3. The molecule has 2 aromatic carbocycles. The third-order valence-electron chi connectivity index (χ3n) is 4.65. The van der Waals surface area contributed by atoms with E-state index in [0.717, 1.165) is 5.56 Å². The van der Waals surface area contributed by atoms with E-state index in [4.69, 9.17) is 4.74 Å². The Balaban J connectivity index is 1.72. The first-order chi connectivity index (χ1) is 14.0. The second kappa shape index (κ2) is 8.89. The van der Waals surface area contributed by atoms with Crippen LogP contribution in [0.15, 0.2) is 59.4 Å². The van der Waals surface area contributed by atoms with Gasteiger partial charge < -0.3 is 15.0 Å². The van der Waals surface area contributed by atoms with Crippen molar-refractivity contribution in [2.45, 2.75) is 26.7 Å². The number of aromatic nitrogens is 1. The fraction of sp³-hybridized carbons (Fsp3) is 0.174. The number of para-hydroxylation sites is 3. The number of nitrogens with one attached hydrogen (secondary N) is 2. The first kappa shape index (κ1) is 19.9. The highest BCUT2D eigenvalue weighted by Gasteiger charge is 2.14. The number of carbonyl (C=O) groups excluding carboxylic acids is 1. The molecule has 0 aliphatic rings. The van der Waals surface area contributed by atoms with E-state index >= 15 is 0 Å². The van der Waals surface area contributed by atoms with Gasteiger partial charge in [-0.2, -0.15) is 5.26 Å². The molecule has 6 nitrogen and oxygen atoms in total. The number of aryl methyl sites for hydroxylation is 1. The van der Waals surface area contributed by atoms with Crippen molar-refractivity contribution in [2.24, 2.45) is 0 Å². The van der Waals surface area contributed by atoms with Crippen LogP contribution in [0.4, 0.5) is 5.69 Å². The van der Waals surface area contributed by atoms with E-state index < -0.39 is 5.56 Å². The van der Waals surface area contributed by atoms with Crippen LogP contribution in [0.5, 0.6) is 11.5 Å². The minimum atomic E-state index is -0.400. The molecule has 29 heavy (non-hydrogen) atoms. The van der Waals surface area contributed by atoms with Crippen molar-refractivity contribution >= 4 is 11.6 Å². The number of carbonyl (C=O) groups is 1. The number of H-pyrrole nitrogens is 1. The number of benzene rings is 2. The van der Waals surface area contributed by atoms with Gasteiger partial charge in [0.25, 0.3) is 5.56 Å². The molecule has 0 bridgehead atoms. The van der Waals surface area contributed by atoms with Gasteiger partial charge in [0, 0.05) is 12.1 Å². The van der Waals surface area contributed by atoms with Gasteiger partial charge in [-0.25, -0.2) is 0 Å². The fourth-order valence-corrected chi connectivity index (χ4v) is 3.15. The number of pyridine rings is 1. The molecule has 1 aromatic heterocycles. The van der Waals surface area contributed by atoms with Crippen molar-refractivity contribution in [2.75, 3.05) is 5.32 Å². The summed E-state index contributed by atoms with van der Waals surface area (Å²) in [6.07, 6.45) is 0.620. The Kier molecular flexibility index (Phi) is 6.10. The van der Waals surface area contributed by atoms with Gasteiger partial charge in [-0.15, -0.1) is 0 Å². The van der Waals surface area contributed by atoms with Crippen LogP contribution in [0.2, 0.25) is 0 Å². The maximum Gasteiger partial charge on any atom is 0.266 e. The highest BCUT2D eigenvalue weighted by molar-refractivity contribution is 5.92. The zero-order valence-electron chi connectivity index (χ0n) is 16.3. The lowest BCUT2D eigenvalue weighted by Crippen LogP contribution is -2.18. The summed E-state index contributed by atoms with van der Waals surface area (Å²) in [6.45, 7) is 3.50. The number of nitriles is 1. The van der Waals surface area contributed by atoms with E-state index in [1.165, 1.54) is 0 Å². The minimum Gasteiger partial charge on any atom is -0.455 e. The van der Waals surface area contributed by atoms with Crippen molar-refractivity contribution in [3.8, 4) is 17.6 Å². The van der Waals surface area contributed by atoms with Crippen LogP contribution in [0, 0.1) is 25.2 Å². The third-order valence-corrected chi connectivity index (χ3v) is 4.65. The van der Waals surface area contributed by atoms with Crippen LogP contribution in [0.1, 0.15) is 28.8 Å². The maximum absolute atomic E-state index is 12.5. The van der Waals surface area contributed by atoms with Crippen molar-refractivity contribution < 1.29 is 9.53 Å².